The van der Waals surface area contributed by atoms with E-state index in [9.17, 15) is 9.59 Å². The lowest BCUT2D eigenvalue weighted by molar-refractivity contribution is 0.0525. The van der Waals surface area contributed by atoms with Crippen LogP contribution in [0, 0.1) is 13.8 Å². The topological polar surface area (TPSA) is 68.4 Å². The molecule has 0 aliphatic rings. The van der Waals surface area contributed by atoms with E-state index in [1.807, 2.05) is 0 Å². The molecule has 0 fully saturated rings. The zero-order valence-electron chi connectivity index (χ0n) is 13.5. The normalized spacial score (nSPS) is 10.5. The summed E-state index contributed by atoms with van der Waals surface area (Å²) in [6.07, 6.45) is 0. The summed E-state index contributed by atoms with van der Waals surface area (Å²) in [6, 6.07) is 4.93. The molecule has 0 spiro atoms. The summed E-state index contributed by atoms with van der Waals surface area (Å²) in [5, 5.41) is 0.594. The number of halogens is 2. The molecule has 24 heavy (non-hydrogen) atoms. The molecule has 5 nitrogen and oxygen atoms in total. The number of aryl methyl sites for hydroxylation is 1. The fourth-order valence-electron chi connectivity index (χ4n) is 2.35. The van der Waals surface area contributed by atoms with E-state index in [1.165, 1.54) is 0 Å². The zero-order chi connectivity index (χ0) is 17.9. The van der Waals surface area contributed by atoms with Crippen LogP contribution >= 0.6 is 23.2 Å². The first-order valence-electron chi connectivity index (χ1n) is 7.33. The van der Waals surface area contributed by atoms with Crippen molar-refractivity contribution < 1.29 is 19.1 Å². The highest BCUT2D eigenvalue weighted by Crippen LogP contribution is 2.31. The highest BCUT2D eigenvalue weighted by molar-refractivity contribution is 6.42. The van der Waals surface area contributed by atoms with Crippen LogP contribution in [0.1, 0.15) is 39.0 Å². The Morgan fingerprint density at radius 2 is 1.92 bits per heavy atom. The largest absolute Gasteiger partial charge is 0.484 e. The lowest BCUT2D eigenvalue weighted by Gasteiger charge is -2.08. The molecule has 7 heteroatoms. The number of hydrogen-bond acceptors (Lipinski definition) is 4. The molecule has 2 aromatic rings. The molecule has 0 aliphatic heterocycles. The Hall–Kier alpha value is -1.98. The Balaban J connectivity index is 2.17. The van der Waals surface area contributed by atoms with E-state index >= 15 is 0 Å². The standard InChI is InChI=1S/C17H17Cl2NO4/c1-4-23-17(22)14-9(2)16(20-10(14)3)12(21)8-24-13-7-5-6-11(18)15(13)19/h5-7,20H,4,8H2,1-3H3. The van der Waals surface area contributed by atoms with Gasteiger partial charge in [-0.15, -0.1) is 0 Å². The second-order valence-corrected chi connectivity index (χ2v) is 5.89. The Kier molecular flexibility index (Phi) is 5.91. The van der Waals surface area contributed by atoms with Gasteiger partial charge in [0.25, 0.3) is 0 Å². The third-order valence-electron chi connectivity index (χ3n) is 3.47. The van der Waals surface area contributed by atoms with Crippen molar-refractivity contribution in [3.63, 3.8) is 0 Å². The SMILES string of the molecule is CCOC(=O)c1c(C)[nH]c(C(=O)COc2cccc(Cl)c2Cl)c1C. The second-order valence-electron chi connectivity index (χ2n) is 5.11. The van der Waals surface area contributed by atoms with Crippen LogP contribution in [-0.4, -0.2) is 30.0 Å². The molecule has 0 saturated carbocycles. The molecule has 1 aromatic heterocycles. The average molecular weight is 370 g/mol. The first kappa shape index (κ1) is 18.4. The van der Waals surface area contributed by atoms with Crippen LogP contribution in [0.15, 0.2) is 18.2 Å². The molecule has 0 radical (unpaired) electrons. The van der Waals surface area contributed by atoms with Crippen molar-refractivity contribution in [2.24, 2.45) is 0 Å². The van der Waals surface area contributed by atoms with Crippen molar-refractivity contribution in [1.29, 1.82) is 0 Å². The maximum atomic E-state index is 12.4. The number of aromatic nitrogens is 1. The molecule has 0 bridgehead atoms. The first-order chi connectivity index (χ1) is 11.4. The average Bonchev–Trinajstić information content (AvgIpc) is 2.83. The third-order valence-corrected chi connectivity index (χ3v) is 4.27. The van der Waals surface area contributed by atoms with Gasteiger partial charge >= 0.3 is 5.97 Å². The van der Waals surface area contributed by atoms with Crippen LogP contribution in [0.5, 0.6) is 5.75 Å². The van der Waals surface area contributed by atoms with Crippen molar-refractivity contribution in [3.05, 3.63) is 50.8 Å². The molecule has 0 saturated heterocycles. The van der Waals surface area contributed by atoms with E-state index in [1.54, 1.807) is 39.0 Å². The lowest BCUT2D eigenvalue weighted by atomic mass is 10.1. The number of nitrogens with one attached hydrogen (secondary N) is 1. The van der Waals surface area contributed by atoms with Gasteiger partial charge in [0.2, 0.25) is 5.78 Å². The fraction of sp³-hybridized carbons (Fsp3) is 0.294. The quantitative estimate of drug-likeness (QED) is 0.605. The molecule has 0 aliphatic carbocycles. The van der Waals surface area contributed by atoms with E-state index in [0.29, 0.717) is 33.3 Å². The predicted molar refractivity (Wildman–Crippen MR) is 92.5 cm³/mol. The van der Waals surface area contributed by atoms with E-state index in [2.05, 4.69) is 4.98 Å². The van der Waals surface area contributed by atoms with Crippen LogP contribution in [0.3, 0.4) is 0 Å². The molecular weight excluding hydrogens is 353 g/mol. The van der Waals surface area contributed by atoms with E-state index in [0.717, 1.165) is 0 Å². The van der Waals surface area contributed by atoms with Crippen molar-refractivity contribution in [3.8, 4) is 5.75 Å². The summed E-state index contributed by atoms with van der Waals surface area (Å²) in [5.74, 6) is -0.437. The van der Waals surface area contributed by atoms with E-state index in [4.69, 9.17) is 32.7 Å². The molecule has 1 N–H and O–H groups in total. The maximum absolute atomic E-state index is 12.4. The molecule has 0 amide bonds. The van der Waals surface area contributed by atoms with E-state index < -0.39 is 5.97 Å². The minimum atomic E-state index is -0.457. The van der Waals surface area contributed by atoms with Gasteiger partial charge in [-0.1, -0.05) is 29.3 Å². The van der Waals surface area contributed by atoms with Gasteiger partial charge < -0.3 is 14.5 Å². The minimum absolute atomic E-state index is 0.233. The van der Waals surface area contributed by atoms with Crippen LogP contribution in [0.4, 0.5) is 0 Å². The van der Waals surface area contributed by atoms with Gasteiger partial charge in [-0.05, 0) is 38.5 Å². The van der Waals surface area contributed by atoms with E-state index in [-0.39, 0.29) is 24.0 Å². The van der Waals surface area contributed by atoms with Gasteiger partial charge in [-0.3, -0.25) is 4.79 Å². The fourth-order valence-corrected chi connectivity index (χ4v) is 2.70. The van der Waals surface area contributed by atoms with Crippen molar-refractivity contribution >= 4 is 35.0 Å². The number of ketones is 1. The molecular formula is C17H17Cl2NO4. The van der Waals surface area contributed by atoms with Crippen molar-refractivity contribution in [1.82, 2.24) is 4.98 Å². The van der Waals surface area contributed by atoms with Gasteiger partial charge in [0.05, 0.1) is 22.9 Å². The molecule has 128 valence electrons. The van der Waals surface area contributed by atoms with Crippen LogP contribution in [-0.2, 0) is 4.74 Å². The molecule has 1 heterocycles. The molecule has 2 rings (SSSR count). The number of ether oxygens (including phenoxy) is 2. The number of Topliss-reactive ketones (excluding diaryl/α,β-unsaturated/α-hetero) is 1. The zero-order valence-corrected chi connectivity index (χ0v) is 15.0. The summed E-state index contributed by atoms with van der Waals surface area (Å²) < 4.78 is 10.5. The minimum Gasteiger partial charge on any atom is -0.484 e. The van der Waals surface area contributed by atoms with Crippen LogP contribution in [0.25, 0.3) is 0 Å². The lowest BCUT2D eigenvalue weighted by Crippen LogP contribution is -2.14. The van der Waals surface area contributed by atoms with Gasteiger partial charge in [0.15, 0.2) is 6.61 Å². The summed E-state index contributed by atoms with van der Waals surface area (Å²) >= 11 is 11.9. The molecule has 0 unspecified atom stereocenters. The number of benzene rings is 1. The molecule has 0 atom stereocenters. The summed E-state index contributed by atoms with van der Waals surface area (Å²) in [4.78, 5) is 27.3. The number of carbonyl (C=O) groups excluding carboxylic acids is 2. The first-order valence-corrected chi connectivity index (χ1v) is 8.08. The van der Waals surface area contributed by atoms with Crippen LogP contribution < -0.4 is 4.74 Å². The predicted octanol–water partition coefficient (Wildman–Crippen LogP) is 4.38. The number of rotatable bonds is 6. The highest BCUT2D eigenvalue weighted by atomic mass is 35.5. The van der Waals surface area contributed by atoms with Crippen LogP contribution in [0.2, 0.25) is 10.0 Å². The highest BCUT2D eigenvalue weighted by Gasteiger charge is 2.23. The summed E-state index contributed by atoms with van der Waals surface area (Å²) in [6.45, 7) is 5.16. The smallest absolute Gasteiger partial charge is 0.340 e. The summed E-state index contributed by atoms with van der Waals surface area (Å²) in [7, 11) is 0. The number of hydrogen-bond donors (Lipinski definition) is 1. The van der Waals surface area contributed by atoms with Crippen molar-refractivity contribution in [2.75, 3.05) is 13.2 Å². The van der Waals surface area contributed by atoms with Gasteiger partial charge in [0, 0.05) is 5.69 Å². The Morgan fingerprint density at radius 3 is 2.58 bits per heavy atom. The number of H-pyrrole nitrogens is 1. The molecule has 1 aromatic carbocycles. The summed E-state index contributed by atoms with van der Waals surface area (Å²) in [5.41, 5.74) is 1.81. The van der Waals surface area contributed by atoms with Gasteiger partial charge in [0.1, 0.15) is 10.8 Å². The second kappa shape index (κ2) is 7.73. The Morgan fingerprint density at radius 1 is 1.21 bits per heavy atom. The number of esters is 1. The number of carbonyl (C=O) groups is 2. The monoisotopic (exact) mass is 369 g/mol. The Bertz CT molecular complexity index is 783. The van der Waals surface area contributed by atoms with Gasteiger partial charge in [-0.2, -0.15) is 0 Å². The maximum Gasteiger partial charge on any atom is 0.340 e. The van der Waals surface area contributed by atoms with Gasteiger partial charge in [-0.25, -0.2) is 4.79 Å². The third kappa shape index (κ3) is 3.74. The number of aromatic amines is 1. The van der Waals surface area contributed by atoms with Crippen molar-refractivity contribution in [2.45, 2.75) is 20.8 Å². The Labute approximate surface area is 149 Å².